The van der Waals surface area contributed by atoms with E-state index in [-0.39, 0.29) is 25.0 Å². The number of esters is 2. The van der Waals surface area contributed by atoms with Gasteiger partial charge in [-0.1, -0.05) is 128 Å². The van der Waals surface area contributed by atoms with E-state index in [9.17, 15) is 28.7 Å². The Morgan fingerprint density at radius 3 is 1.89 bits per heavy atom. The van der Waals surface area contributed by atoms with Gasteiger partial charge in [0.1, 0.15) is 12.7 Å². The van der Waals surface area contributed by atoms with Crippen molar-refractivity contribution in [1.29, 1.82) is 0 Å². The highest BCUT2D eigenvalue weighted by Gasteiger charge is 2.36. The van der Waals surface area contributed by atoms with E-state index in [0.717, 1.165) is 57.3 Å². The van der Waals surface area contributed by atoms with Gasteiger partial charge >= 0.3 is 27.6 Å². The summed E-state index contributed by atoms with van der Waals surface area (Å²) in [6.45, 7) is 3.91. The molecule has 0 amide bonds. The Morgan fingerprint density at radius 1 is 0.667 bits per heavy atom. The molecule has 1 aliphatic rings. The van der Waals surface area contributed by atoms with Crippen molar-refractivity contribution in [2.75, 3.05) is 26.4 Å². The summed E-state index contributed by atoms with van der Waals surface area (Å²) in [4.78, 5) is 52.7. The second kappa shape index (κ2) is 33.1. The quantitative estimate of drug-likeness (QED) is 0.0150. The van der Waals surface area contributed by atoms with Crippen LogP contribution in [0.15, 0.2) is 36.5 Å². The minimum atomic E-state index is -4.87. The van der Waals surface area contributed by atoms with Crippen molar-refractivity contribution in [3.63, 3.8) is 0 Å². The molecule has 5 atom stereocenters. The van der Waals surface area contributed by atoms with E-state index in [2.05, 4.69) is 66.3 Å². The van der Waals surface area contributed by atoms with Crippen LogP contribution in [-0.4, -0.2) is 82.6 Å². The largest absolute Gasteiger partial charge is 0.472 e. The first-order valence-corrected chi connectivity index (χ1v) is 24.2. The Bertz CT molecular complexity index is 1230. The average molecular weight is 853 g/mol. The van der Waals surface area contributed by atoms with Gasteiger partial charge in [0.05, 0.1) is 32.0 Å². The SMILES string of the molecule is CCCCC/C=C\C/C=C\C/C=C\CC1OC1CCCC(=O)OC[C@H](COP(=O)(O)OC[C@@H](O)COP(=O)(O)O)OC(=O)CCCCCCCCCCCC(C)C. The third-order valence-electron chi connectivity index (χ3n) is 9.12. The number of hydrogen-bond donors (Lipinski definition) is 4. The zero-order valence-corrected chi connectivity index (χ0v) is 36.6. The molecule has 0 aliphatic carbocycles. The lowest BCUT2D eigenvalue weighted by atomic mass is 10.0. The zero-order chi connectivity index (χ0) is 42.2. The summed E-state index contributed by atoms with van der Waals surface area (Å²) < 4.78 is 53.5. The number of aliphatic hydroxyl groups excluding tert-OH is 1. The van der Waals surface area contributed by atoms with Gasteiger partial charge in [-0.05, 0) is 57.3 Å². The minimum absolute atomic E-state index is 0.0815. The van der Waals surface area contributed by atoms with Gasteiger partial charge in [0.25, 0.3) is 0 Å². The summed E-state index contributed by atoms with van der Waals surface area (Å²) in [6.07, 6.45) is 30.3. The monoisotopic (exact) mass is 852 g/mol. The fourth-order valence-electron chi connectivity index (χ4n) is 5.79. The molecule has 332 valence electrons. The highest BCUT2D eigenvalue weighted by molar-refractivity contribution is 7.47. The molecule has 1 saturated heterocycles. The molecule has 0 spiro atoms. The van der Waals surface area contributed by atoms with Crippen LogP contribution in [0.5, 0.6) is 0 Å². The number of hydrogen-bond acceptors (Lipinski definition) is 11. The predicted octanol–water partition coefficient (Wildman–Crippen LogP) is 9.35. The molecule has 1 fully saturated rings. The molecule has 0 bridgehead atoms. The Kier molecular flexibility index (Phi) is 30.9. The van der Waals surface area contributed by atoms with E-state index in [1.165, 1.54) is 51.4 Å². The normalized spacial score (nSPS) is 18.1. The molecule has 1 heterocycles. The van der Waals surface area contributed by atoms with Crippen molar-refractivity contribution in [3.8, 4) is 0 Å². The van der Waals surface area contributed by atoms with Crippen molar-refractivity contribution in [1.82, 2.24) is 0 Å². The van der Waals surface area contributed by atoms with E-state index in [0.29, 0.717) is 19.3 Å². The standard InChI is InChI=1S/C41H74O14P2/c1-4-5-6-7-8-9-10-11-14-17-20-23-27-38-39(55-38)28-25-30-40(43)50-33-37(34-53-57(48,49)52-32-36(42)31-51-56(45,46)47)54-41(44)29-24-21-18-15-12-13-16-19-22-26-35(2)3/h8-9,11,14,20,23,35-39,42H,4-7,10,12-13,15-19,21-22,24-34H2,1-3H3,(H,48,49)(H2,45,46,47)/b9-8-,14-11-,23-20-/t36-,37+,38?,39?/m0/s1. The Labute approximate surface area is 342 Å². The molecular formula is C41H74O14P2. The predicted molar refractivity (Wildman–Crippen MR) is 220 cm³/mol. The second-order valence-corrected chi connectivity index (χ2v) is 17.8. The first-order chi connectivity index (χ1) is 27.2. The van der Waals surface area contributed by atoms with Crippen LogP contribution in [0.25, 0.3) is 0 Å². The Morgan fingerprint density at radius 2 is 1.25 bits per heavy atom. The highest BCUT2D eigenvalue weighted by atomic mass is 31.2. The molecule has 4 N–H and O–H groups in total. The van der Waals surface area contributed by atoms with Gasteiger partial charge in [-0.3, -0.25) is 23.2 Å². The number of aliphatic hydroxyl groups is 1. The van der Waals surface area contributed by atoms with Crippen LogP contribution in [0.3, 0.4) is 0 Å². The molecule has 1 rings (SSSR count). The summed E-state index contributed by atoms with van der Waals surface area (Å²) >= 11 is 0. The van der Waals surface area contributed by atoms with Gasteiger partial charge in [0.15, 0.2) is 6.10 Å². The topological polar surface area (TPSA) is 208 Å². The fourth-order valence-corrected chi connectivity index (χ4v) is 6.95. The maximum atomic E-state index is 12.6. The number of epoxide rings is 1. The molecular weight excluding hydrogens is 778 g/mol. The molecule has 0 aromatic rings. The average Bonchev–Trinajstić information content (AvgIpc) is 3.90. The summed E-state index contributed by atoms with van der Waals surface area (Å²) in [5.41, 5.74) is 0. The van der Waals surface area contributed by atoms with Gasteiger partial charge in [-0.15, -0.1) is 0 Å². The lowest BCUT2D eigenvalue weighted by Crippen LogP contribution is -2.30. The van der Waals surface area contributed by atoms with Crippen molar-refractivity contribution in [3.05, 3.63) is 36.5 Å². The smallest absolute Gasteiger partial charge is 0.462 e. The number of allylic oxidation sites excluding steroid dienone is 5. The van der Waals surface area contributed by atoms with Crippen molar-refractivity contribution in [2.24, 2.45) is 5.92 Å². The fraction of sp³-hybridized carbons (Fsp3) is 0.805. The molecule has 0 aromatic carbocycles. The van der Waals surface area contributed by atoms with Crippen molar-refractivity contribution >= 4 is 27.6 Å². The van der Waals surface area contributed by atoms with Crippen molar-refractivity contribution < 1.29 is 66.3 Å². The maximum Gasteiger partial charge on any atom is 0.472 e. The van der Waals surface area contributed by atoms with Crippen LogP contribution in [0.1, 0.15) is 156 Å². The number of rotatable bonds is 38. The molecule has 1 aliphatic heterocycles. The summed E-state index contributed by atoms with van der Waals surface area (Å²) in [5.74, 6) is -0.360. The van der Waals surface area contributed by atoms with Gasteiger partial charge < -0.3 is 34.0 Å². The van der Waals surface area contributed by atoms with E-state index < -0.39 is 66.2 Å². The van der Waals surface area contributed by atoms with Crippen LogP contribution in [0.4, 0.5) is 0 Å². The third kappa shape index (κ3) is 34.8. The summed E-state index contributed by atoms with van der Waals surface area (Å²) in [7, 11) is -9.69. The van der Waals surface area contributed by atoms with Crippen LogP contribution in [-0.2, 0) is 46.5 Å². The third-order valence-corrected chi connectivity index (χ3v) is 10.6. The van der Waals surface area contributed by atoms with Crippen LogP contribution in [0, 0.1) is 5.92 Å². The number of carbonyl (C=O) groups excluding carboxylic acids is 2. The molecule has 0 aromatic heterocycles. The Hall–Kier alpha value is -1.70. The first-order valence-electron chi connectivity index (χ1n) is 21.2. The van der Waals surface area contributed by atoms with Crippen LogP contribution < -0.4 is 0 Å². The van der Waals surface area contributed by atoms with E-state index in [1.807, 2.05) is 0 Å². The minimum Gasteiger partial charge on any atom is -0.462 e. The van der Waals surface area contributed by atoms with Gasteiger partial charge in [0.2, 0.25) is 0 Å². The number of phosphoric ester groups is 2. The summed E-state index contributed by atoms with van der Waals surface area (Å²) in [5, 5.41) is 9.74. The van der Waals surface area contributed by atoms with E-state index >= 15 is 0 Å². The van der Waals surface area contributed by atoms with Gasteiger partial charge in [-0.25, -0.2) is 9.13 Å². The van der Waals surface area contributed by atoms with Crippen molar-refractivity contribution in [2.45, 2.75) is 180 Å². The van der Waals surface area contributed by atoms with E-state index in [1.54, 1.807) is 0 Å². The number of unbranched alkanes of at least 4 members (excludes halogenated alkanes) is 11. The van der Waals surface area contributed by atoms with Gasteiger partial charge in [-0.2, -0.15) is 0 Å². The maximum absolute atomic E-state index is 12.6. The molecule has 3 unspecified atom stereocenters. The molecule has 57 heavy (non-hydrogen) atoms. The lowest BCUT2D eigenvalue weighted by Gasteiger charge is -2.20. The van der Waals surface area contributed by atoms with E-state index in [4.69, 9.17) is 28.5 Å². The number of carbonyl (C=O) groups is 2. The number of phosphoric acid groups is 2. The molecule has 0 saturated carbocycles. The molecule has 0 radical (unpaired) electrons. The molecule has 14 nitrogen and oxygen atoms in total. The highest BCUT2D eigenvalue weighted by Crippen LogP contribution is 2.44. The van der Waals surface area contributed by atoms with Crippen LogP contribution >= 0.6 is 15.6 Å². The summed E-state index contributed by atoms with van der Waals surface area (Å²) in [6, 6.07) is 0. The lowest BCUT2D eigenvalue weighted by molar-refractivity contribution is -0.161. The first kappa shape index (κ1) is 53.3. The van der Waals surface area contributed by atoms with Crippen LogP contribution in [0.2, 0.25) is 0 Å². The zero-order valence-electron chi connectivity index (χ0n) is 34.8. The van der Waals surface area contributed by atoms with Gasteiger partial charge in [0, 0.05) is 12.8 Å². The number of ether oxygens (including phenoxy) is 3. The molecule has 16 heteroatoms. The Balaban J connectivity index is 2.42. The second-order valence-electron chi connectivity index (χ2n) is 15.1.